The minimum absolute atomic E-state index is 0.0928. The summed E-state index contributed by atoms with van der Waals surface area (Å²) >= 11 is 0. The highest BCUT2D eigenvalue weighted by Gasteiger charge is 2.45. The van der Waals surface area contributed by atoms with Gasteiger partial charge < -0.3 is 9.80 Å². The van der Waals surface area contributed by atoms with Crippen molar-refractivity contribution < 1.29 is 21.6 Å². The average molecular weight is 622 g/mol. The number of nitrogens with zero attached hydrogens (tertiary/aromatic N) is 5. The molecule has 3 saturated carbocycles. The SMILES string of the molecule is C=CS(=O)(=O)N(c1cccc(-c2c(C3CC3)nc(N3CCN(C(=O)C4CC4)[C@H](C4CC4)C3)c(C#N)c2C)c1)S(=O)(=O)C=C. The van der Waals surface area contributed by atoms with Gasteiger partial charge in [0.1, 0.15) is 11.9 Å². The number of piperazine rings is 1. The number of hydrogen-bond acceptors (Lipinski definition) is 8. The van der Waals surface area contributed by atoms with Crippen LogP contribution in [0.15, 0.2) is 48.2 Å². The maximum absolute atomic E-state index is 13.1. The highest BCUT2D eigenvalue weighted by Crippen LogP contribution is 2.48. The fraction of sp³-hybridized carbons (Fsp3) is 0.452. The molecule has 6 rings (SSSR count). The lowest BCUT2D eigenvalue weighted by atomic mass is 9.93. The van der Waals surface area contributed by atoms with E-state index in [1.807, 2.05) is 6.92 Å². The van der Waals surface area contributed by atoms with E-state index in [2.05, 4.69) is 29.0 Å². The number of nitriles is 1. The van der Waals surface area contributed by atoms with Gasteiger partial charge in [0.2, 0.25) is 5.91 Å². The van der Waals surface area contributed by atoms with Crippen molar-refractivity contribution in [2.75, 3.05) is 28.2 Å². The van der Waals surface area contributed by atoms with Crippen LogP contribution in [0.4, 0.5) is 11.5 Å². The molecule has 0 unspecified atom stereocenters. The quantitative estimate of drug-likeness (QED) is 0.382. The van der Waals surface area contributed by atoms with Gasteiger partial charge in [-0.2, -0.15) is 8.97 Å². The van der Waals surface area contributed by atoms with Gasteiger partial charge in [0.15, 0.2) is 0 Å². The Morgan fingerprint density at radius 2 is 1.72 bits per heavy atom. The van der Waals surface area contributed by atoms with Crippen LogP contribution in [0.3, 0.4) is 0 Å². The average Bonchev–Trinajstić information content (AvgIpc) is 3.84. The fourth-order valence-corrected chi connectivity index (χ4v) is 8.77. The van der Waals surface area contributed by atoms with Crippen molar-refractivity contribution in [1.82, 2.24) is 9.88 Å². The van der Waals surface area contributed by atoms with Gasteiger partial charge in [-0.3, -0.25) is 4.79 Å². The number of sulfonamides is 2. The Labute approximate surface area is 253 Å². The second-order valence-corrected chi connectivity index (χ2v) is 15.6. The number of benzene rings is 1. The van der Waals surface area contributed by atoms with Crippen LogP contribution in [0, 0.1) is 30.1 Å². The number of amides is 1. The highest BCUT2D eigenvalue weighted by molar-refractivity contribution is 8.12. The Balaban J connectivity index is 1.42. The van der Waals surface area contributed by atoms with Gasteiger partial charge >= 0.3 is 0 Å². The first kappa shape index (κ1) is 29.4. The molecule has 2 heterocycles. The summed E-state index contributed by atoms with van der Waals surface area (Å²) in [5.74, 6) is 1.70. The van der Waals surface area contributed by atoms with Crippen LogP contribution in [0.2, 0.25) is 0 Å². The van der Waals surface area contributed by atoms with E-state index < -0.39 is 20.0 Å². The van der Waals surface area contributed by atoms with Crippen LogP contribution in [0.5, 0.6) is 0 Å². The minimum Gasteiger partial charge on any atom is -0.352 e. The molecule has 1 aromatic carbocycles. The number of pyridine rings is 1. The van der Waals surface area contributed by atoms with Crippen molar-refractivity contribution >= 4 is 37.5 Å². The molecule has 43 heavy (non-hydrogen) atoms. The van der Waals surface area contributed by atoms with Gasteiger partial charge in [-0.05, 0) is 74.6 Å². The first-order valence-corrected chi connectivity index (χ1v) is 17.7. The van der Waals surface area contributed by atoms with Gasteiger partial charge in [0, 0.05) is 47.8 Å². The van der Waals surface area contributed by atoms with E-state index in [1.165, 1.54) is 12.1 Å². The summed E-state index contributed by atoms with van der Waals surface area (Å²) in [4.78, 5) is 22.4. The van der Waals surface area contributed by atoms with Crippen molar-refractivity contribution in [2.45, 2.75) is 57.4 Å². The summed E-state index contributed by atoms with van der Waals surface area (Å²) in [5, 5.41) is 11.6. The molecule has 0 N–H and O–H groups in total. The Kier molecular flexibility index (Phi) is 7.37. The van der Waals surface area contributed by atoms with E-state index >= 15 is 0 Å². The summed E-state index contributed by atoms with van der Waals surface area (Å²) in [6.07, 6.45) is 6.02. The number of aromatic nitrogens is 1. The molecule has 10 nitrogen and oxygen atoms in total. The Hall–Kier alpha value is -3.69. The molecule has 4 fully saturated rings. The van der Waals surface area contributed by atoms with Crippen LogP contribution >= 0.6 is 0 Å². The van der Waals surface area contributed by atoms with Crippen LogP contribution in [-0.2, 0) is 24.8 Å². The van der Waals surface area contributed by atoms with Crippen LogP contribution in [0.25, 0.3) is 11.1 Å². The molecule has 1 saturated heterocycles. The Bertz CT molecular complexity index is 1730. The minimum atomic E-state index is -4.42. The summed E-state index contributed by atoms with van der Waals surface area (Å²) in [6, 6.07) is 8.72. The van der Waals surface area contributed by atoms with Crippen molar-refractivity contribution in [3.63, 3.8) is 0 Å². The van der Waals surface area contributed by atoms with E-state index in [0.29, 0.717) is 68.2 Å². The fourth-order valence-electron chi connectivity index (χ4n) is 6.16. The van der Waals surface area contributed by atoms with Gasteiger partial charge in [-0.1, -0.05) is 25.3 Å². The topological polar surface area (TPSA) is 132 Å². The maximum atomic E-state index is 13.1. The maximum Gasteiger partial charge on any atom is 0.270 e. The van der Waals surface area contributed by atoms with Crippen molar-refractivity contribution in [2.24, 2.45) is 11.8 Å². The molecule has 1 amide bonds. The normalized spacial score (nSPS) is 20.8. The molecular formula is C31H35N5O5S2. The number of carbonyl (C=O) groups excluding carboxylic acids is 1. The van der Waals surface area contributed by atoms with Crippen molar-refractivity contribution in [3.05, 3.63) is 65.1 Å². The van der Waals surface area contributed by atoms with Crippen LogP contribution < -0.4 is 8.61 Å². The molecule has 12 heteroatoms. The zero-order valence-electron chi connectivity index (χ0n) is 24.1. The molecule has 0 bridgehead atoms. The number of rotatable bonds is 10. The van der Waals surface area contributed by atoms with Gasteiger partial charge in [0.25, 0.3) is 20.0 Å². The lowest BCUT2D eigenvalue weighted by molar-refractivity contribution is -0.135. The van der Waals surface area contributed by atoms with E-state index in [4.69, 9.17) is 4.98 Å². The van der Waals surface area contributed by atoms with Crippen molar-refractivity contribution in [1.29, 1.82) is 5.26 Å². The van der Waals surface area contributed by atoms with Crippen molar-refractivity contribution in [3.8, 4) is 17.2 Å². The second kappa shape index (κ2) is 10.8. The number of anilines is 2. The van der Waals surface area contributed by atoms with Crippen LogP contribution in [0.1, 0.15) is 61.3 Å². The predicted molar refractivity (Wildman–Crippen MR) is 165 cm³/mol. The molecule has 2 aromatic rings. The van der Waals surface area contributed by atoms with Gasteiger partial charge in [-0.15, -0.1) is 0 Å². The van der Waals surface area contributed by atoms with Gasteiger partial charge in [-0.25, -0.2) is 21.8 Å². The molecule has 0 spiro atoms. The van der Waals surface area contributed by atoms with Gasteiger partial charge in [0.05, 0.1) is 23.0 Å². The lowest BCUT2D eigenvalue weighted by Crippen LogP contribution is -2.57. The van der Waals surface area contributed by atoms with E-state index in [9.17, 15) is 26.9 Å². The van der Waals surface area contributed by atoms with Crippen LogP contribution in [-0.4, -0.2) is 58.3 Å². The molecule has 226 valence electrons. The molecule has 1 aliphatic heterocycles. The summed E-state index contributed by atoms with van der Waals surface area (Å²) in [7, 11) is -8.85. The zero-order chi connectivity index (χ0) is 30.7. The Morgan fingerprint density at radius 1 is 1.05 bits per heavy atom. The molecular weight excluding hydrogens is 587 g/mol. The summed E-state index contributed by atoms with van der Waals surface area (Å²) in [5.41, 5.74) is 3.12. The second-order valence-electron chi connectivity index (χ2n) is 11.9. The highest BCUT2D eigenvalue weighted by atomic mass is 32.3. The van der Waals surface area contributed by atoms with E-state index in [-0.39, 0.29) is 29.5 Å². The summed E-state index contributed by atoms with van der Waals surface area (Å²) in [6.45, 7) is 10.3. The number of hydrogen-bond donors (Lipinski definition) is 0. The predicted octanol–water partition coefficient (Wildman–Crippen LogP) is 4.40. The van der Waals surface area contributed by atoms with E-state index in [1.54, 1.807) is 12.1 Å². The third-order valence-electron chi connectivity index (χ3n) is 8.86. The molecule has 1 atom stereocenters. The molecule has 1 aromatic heterocycles. The molecule has 0 radical (unpaired) electrons. The first-order chi connectivity index (χ1) is 20.5. The zero-order valence-corrected chi connectivity index (χ0v) is 25.8. The number of carbonyl (C=O) groups is 1. The first-order valence-electron chi connectivity index (χ1n) is 14.7. The lowest BCUT2D eigenvalue weighted by Gasteiger charge is -2.43. The third kappa shape index (κ3) is 5.45. The smallest absolute Gasteiger partial charge is 0.270 e. The standard InChI is InChI=1S/C31H35N5O5S2/c1-4-42(38,39)36(43(40,41)5-2)25-8-6-7-24(17-25)28-20(3)26(18-32)30(33-29(28)22-11-12-22)34-15-16-35(31(37)23-13-14-23)27(19-34)21-9-10-21/h4-8,17,21-23,27H,1-2,9-16,19H2,3H3/t27-/m0/s1. The summed E-state index contributed by atoms with van der Waals surface area (Å²) < 4.78 is 51.5. The third-order valence-corrected chi connectivity index (χ3v) is 12.3. The molecule has 3 aliphatic carbocycles. The van der Waals surface area contributed by atoms with E-state index in [0.717, 1.165) is 44.2 Å². The Morgan fingerprint density at radius 3 is 2.28 bits per heavy atom. The monoisotopic (exact) mass is 621 g/mol. The largest absolute Gasteiger partial charge is 0.352 e. The molecule has 4 aliphatic rings.